The third-order valence-electron chi connectivity index (χ3n) is 2.44. The molecule has 0 aliphatic rings. The summed E-state index contributed by atoms with van der Waals surface area (Å²) in [6.07, 6.45) is 0. The van der Waals surface area contributed by atoms with Gasteiger partial charge in [0.25, 0.3) is 0 Å². The van der Waals surface area contributed by atoms with Crippen LogP contribution < -0.4 is 4.72 Å². The lowest BCUT2D eigenvalue weighted by Gasteiger charge is -2.18. The summed E-state index contributed by atoms with van der Waals surface area (Å²) < 4.78 is 26.5. The summed E-state index contributed by atoms with van der Waals surface area (Å²) in [5.41, 5.74) is 0.0412. The van der Waals surface area contributed by atoms with Crippen molar-refractivity contribution >= 4 is 15.9 Å². The van der Waals surface area contributed by atoms with Gasteiger partial charge < -0.3 is 4.90 Å². The summed E-state index contributed by atoms with van der Waals surface area (Å²) in [6, 6.07) is 6.75. The van der Waals surface area contributed by atoms with Gasteiger partial charge in [-0.05, 0) is 19.1 Å². The first-order chi connectivity index (χ1) is 8.79. The predicted octanol–water partition coefficient (Wildman–Crippen LogP) is 0.313. The highest BCUT2D eigenvalue weighted by molar-refractivity contribution is 7.89. The lowest BCUT2D eigenvalue weighted by Crippen LogP contribution is -2.44. The molecule has 7 heteroatoms. The molecule has 0 bridgehead atoms. The van der Waals surface area contributed by atoms with Crippen molar-refractivity contribution in [2.45, 2.75) is 17.9 Å². The number of benzene rings is 1. The second kappa shape index (κ2) is 5.82. The second-order valence-corrected chi connectivity index (χ2v) is 5.87. The number of carbonyl (C=O) groups excluding carboxylic acids is 1. The summed E-state index contributed by atoms with van der Waals surface area (Å²) in [5, 5.41) is 8.90. The van der Waals surface area contributed by atoms with Crippen LogP contribution in [0.15, 0.2) is 29.2 Å². The monoisotopic (exact) mass is 281 g/mol. The number of sulfonamides is 1. The van der Waals surface area contributed by atoms with Gasteiger partial charge in [0.2, 0.25) is 15.9 Å². The van der Waals surface area contributed by atoms with Gasteiger partial charge in [0.15, 0.2) is 0 Å². The first-order valence-electron chi connectivity index (χ1n) is 5.52. The first kappa shape index (κ1) is 15.1. The quantitative estimate of drug-likeness (QED) is 0.860. The Balaban J connectivity index is 3.07. The molecule has 1 N–H and O–H groups in total. The van der Waals surface area contributed by atoms with Gasteiger partial charge in [0, 0.05) is 14.1 Å². The fourth-order valence-corrected chi connectivity index (χ4v) is 2.88. The van der Waals surface area contributed by atoms with E-state index in [0.29, 0.717) is 0 Å². The highest BCUT2D eigenvalue weighted by atomic mass is 32.2. The van der Waals surface area contributed by atoms with Crippen molar-refractivity contribution in [3.05, 3.63) is 29.8 Å². The van der Waals surface area contributed by atoms with Crippen molar-refractivity contribution < 1.29 is 13.2 Å². The molecular weight excluding hydrogens is 266 g/mol. The predicted molar refractivity (Wildman–Crippen MR) is 69.6 cm³/mol. The van der Waals surface area contributed by atoms with Crippen LogP contribution >= 0.6 is 0 Å². The van der Waals surface area contributed by atoms with E-state index in [1.165, 1.54) is 44.1 Å². The molecule has 0 saturated carbocycles. The van der Waals surface area contributed by atoms with E-state index in [0.717, 1.165) is 0 Å². The molecule has 0 aliphatic heterocycles. The summed E-state index contributed by atoms with van der Waals surface area (Å²) in [5.74, 6) is -0.363. The number of carbonyl (C=O) groups is 1. The Bertz CT molecular complexity index is 617. The number of amides is 1. The molecule has 0 aromatic heterocycles. The Labute approximate surface area is 112 Å². The average molecular weight is 281 g/mol. The van der Waals surface area contributed by atoms with Gasteiger partial charge in [0.05, 0.1) is 16.5 Å². The molecule has 1 aromatic rings. The molecule has 1 rings (SSSR count). The normalized spacial score (nSPS) is 12.5. The maximum absolute atomic E-state index is 12.1. The molecule has 1 atom stereocenters. The smallest absolute Gasteiger partial charge is 0.242 e. The number of nitrogens with one attached hydrogen (secondary N) is 1. The van der Waals surface area contributed by atoms with E-state index in [-0.39, 0.29) is 16.4 Å². The molecule has 0 saturated heterocycles. The molecule has 102 valence electrons. The fourth-order valence-electron chi connectivity index (χ4n) is 1.53. The lowest BCUT2D eigenvalue weighted by molar-refractivity contribution is -0.130. The highest BCUT2D eigenvalue weighted by Crippen LogP contribution is 2.14. The minimum absolute atomic E-state index is 0.0412. The molecule has 0 aliphatic carbocycles. The van der Waals surface area contributed by atoms with Crippen molar-refractivity contribution in [3.63, 3.8) is 0 Å². The van der Waals surface area contributed by atoms with E-state index < -0.39 is 16.1 Å². The van der Waals surface area contributed by atoms with E-state index in [1.807, 2.05) is 6.07 Å². The van der Waals surface area contributed by atoms with Crippen LogP contribution in [0.2, 0.25) is 0 Å². The van der Waals surface area contributed by atoms with Crippen LogP contribution in [0, 0.1) is 11.3 Å². The number of hydrogen-bond acceptors (Lipinski definition) is 4. The van der Waals surface area contributed by atoms with E-state index in [1.54, 1.807) is 6.07 Å². The molecule has 0 heterocycles. The summed E-state index contributed by atoms with van der Waals surface area (Å²) in [7, 11) is -0.825. The van der Waals surface area contributed by atoms with Crippen LogP contribution in [-0.2, 0) is 14.8 Å². The molecule has 0 radical (unpaired) electrons. The van der Waals surface area contributed by atoms with Crippen LogP contribution in [0.3, 0.4) is 0 Å². The number of hydrogen-bond donors (Lipinski definition) is 1. The Morgan fingerprint density at radius 1 is 1.37 bits per heavy atom. The standard InChI is InChI=1S/C12H15N3O3S/c1-9(12(16)15(2)3)14-19(17,18)11-7-5-4-6-10(11)8-13/h4-7,9,14H,1-3H3. The van der Waals surface area contributed by atoms with Crippen molar-refractivity contribution in [1.29, 1.82) is 5.26 Å². The lowest BCUT2D eigenvalue weighted by atomic mass is 10.2. The molecule has 19 heavy (non-hydrogen) atoms. The van der Waals surface area contributed by atoms with Crippen molar-refractivity contribution in [2.75, 3.05) is 14.1 Å². The van der Waals surface area contributed by atoms with Gasteiger partial charge in [-0.2, -0.15) is 9.98 Å². The molecule has 0 fully saturated rings. The van der Waals surface area contributed by atoms with Crippen molar-refractivity contribution in [3.8, 4) is 6.07 Å². The van der Waals surface area contributed by atoms with Crippen LogP contribution in [0.4, 0.5) is 0 Å². The number of rotatable bonds is 4. The molecule has 6 nitrogen and oxygen atoms in total. The van der Waals surface area contributed by atoms with Gasteiger partial charge in [-0.25, -0.2) is 8.42 Å². The summed E-state index contributed by atoms with van der Waals surface area (Å²) >= 11 is 0. The minimum Gasteiger partial charge on any atom is -0.347 e. The van der Waals surface area contributed by atoms with Crippen LogP contribution in [0.25, 0.3) is 0 Å². The Morgan fingerprint density at radius 3 is 2.47 bits per heavy atom. The Kier molecular flexibility index (Phi) is 4.64. The van der Waals surface area contributed by atoms with Gasteiger partial charge in [-0.1, -0.05) is 12.1 Å². The fraction of sp³-hybridized carbons (Fsp3) is 0.333. The molecule has 0 spiro atoms. The topological polar surface area (TPSA) is 90.3 Å². The van der Waals surface area contributed by atoms with Crippen molar-refractivity contribution in [2.24, 2.45) is 0 Å². The number of nitriles is 1. The first-order valence-corrected chi connectivity index (χ1v) is 7.00. The Hall–Kier alpha value is -1.91. The number of nitrogens with zero attached hydrogens (tertiary/aromatic N) is 2. The zero-order valence-corrected chi connectivity index (χ0v) is 11.7. The third-order valence-corrected chi connectivity index (χ3v) is 4.04. The molecular formula is C12H15N3O3S. The zero-order valence-electron chi connectivity index (χ0n) is 10.9. The highest BCUT2D eigenvalue weighted by Gasteiger charge is 2.24. The van der Waals surface area contributed by atoms with Gasteiger partial charge in [-0.3, -0.25) is 4.79 Å². The molecule has 1 aromatic carbocycles. The summed E-state index contributed by atoms with van der Waals surface area (Å²) in [4.78, 5) is 12.8. The summed E-state index contributed by atoms with van der Waals surface area (Å²) in [6.45, 7) is 1.45. The average Bonchev–Trinajstić information content (AvgIpc) is 2.37. The largest absolute Gasteiger partial charge is 0.347 e. The minimum atomic E-state index is -3.90. The zero-order chi connectivity index (χ0) is 14.6. The van der Waals surface area contributed by atoms with E-state index in [9.17, 15) is 13.2 Å². The molecule has 1 unspecified atom stereocenters. The second-order valence-electron chi connectivity index (χ2n) is 4.18. The van der Waals surface area contributed by atoms with Gasteiger partial charge >= 0.3 is 0 Å². The van der Waals surface area contributed by atoms with Gasteiger partial charge in [-0.15, -0.1) is 0 Å². The van der Waals surface area contributed by atoms with Crippen LogP contribution in [0.1, 0.15) is 12.5 Å². The van der Waals surface area contributed by atoms with Crippen LogP contribution in [0.5, 0.6) is 0 Å². The molecule has 1 amide bonds. The Morgan fingerprint density at radius 2 is 1.95 bits per heavy atom. The van der Waals surface area contributed by atoms with E-state index in [2.05, 4.69) is 4.72 Å². The van der Waals surface area contributed by atoms with Crippen molar-refractivity contribution in [1.82, 2.24) is 9.62 Å². The maximum Gasteiger partial charge on any atom is 0.242 e. The van der Waals surface area contributed by atoms with E-state index in [4.69, 9.17) is 5.26 Å². The third kappa shape index (κ3) is 3.53. The number of likely N-dealkylation sites (N-methyl/N-ethyl adjacent to an activating group) is 1. The van der Waals surface area contributed by atoms with Gasteiger partial charge in [0.1, 0.15) is 6.07 Å². The SMILES string of the molecule is CC(NS(=O)(=O)c1ccccc1C#N)C(=O)N(C)C. The maximum atomic E-state index is 12.1. The van der Waals surface area contributed by atoms with E-state index >= 15 is 0 Å². The van der Waals surface area contributed by atoms with Crippen LogP contribution in [-0.4, -0.2) is 39.4 Å².